The number of ether oxygens (including phenoxy) is 2. The lowest BCUT2D eigenvalue weighted by molar-refractivity contribution is -0.142. The highest BCUT2D eigenvalue weighted by atomic mass is 16.5. The molecule has 0 aliphatic rings. The minimum absolute atomic E-state index is 0.0804. The topological polar surface area (TPSA) is 84.9 Å². The minimum Gasteiger partial charge on any atom is -0.484 e. The summed E-state index contributed by atoms with van der Waals surface area (Å²) in [6, 6.07) is 8.99. The normalized spacial score (nSPS) is 9.78. The van der Waals surface area contributed by atoms with Crippen molar-refractivity contribution < 1.29 is 24.2 Å². The number of carbonyl (C=O) groups is 2. The van der Waals surface area contributed by atoms with Gasteiger partial charge >= 0.3 is 5.97 Å². The standard InChI is InChI=1S/C12H15NO5/c14-11(13-6-7-17-9-12(15)16)8-18-10-4-2-1-3-5-10/h1-5H,6-9H2,(H,13,14)(H,15,16). The number of para-hydroxylation sites is 1. The third kappa shape index (κ3) is 6.49. The number of aliphatic carboxylic acids is 1. The van der Waals surface area contributed by atoms with E-state index in [9.17, 15) is 9.59 Å². The highest BCUT2D eigenvalue weighted by Gasteiger charge is 2.02. The quantitative estimate of drug-likeness (QED) is 0.650. The van der Waals surface area contributed by atoms with E-state index in [1.807, 2.05) is 18.2 Å². The first-order valence-electron chi connectivity index (χ1n) is 5.42. The van der Waals surface area contributed by atoms with Crippen molar-refractivity contribution in [3.63, 3.8) is 0 Å². The van der Waals surface area contributed by atoms with Crippen LogP contribution in [0.5, 0.6) is 5.75 Å². The number of amides is 1. The summed E-state index contributed by atoms with van der Waals surface area (Å²) in [4.78, 5) is 21.4. The Balaban J connectivity index is 2.06. The molecule has 1 rings (SSSR count). The Bertz CT molecular complexity index is 379. The zero-order chi connectivity index (χ0) is 13.2. The van der Waals surface area contributed by atoms with E-state index in [1.165, 1.54) is 0 Å². The molecule has 0 bridgehead atoms. The number of carbonyl (C=O) groups excluding carboxylic acids is 1. The molecule has 6 heteroatoms. The smallest absolute Gasteiger partial charge is 0.329 e. The van der Waals surface area contributed by atoms with Crippen molar-refractivity contribution >= 4 is 11.9 Å². The third-order valence-corrected chi connectivity index (χ3v) is 1.91. The van der Waals surface area contributed by atoms with Crippen LogP contribution in [0.2, 0.25) is 0 Å². The van der Waals surface area contributed by atoms with Crippen molar-refractivity contribution in [3.8, 4) is 5.75 Å². The van der Waals surface area contributed by atoms with E-state index in [4.69, 9.17) is 14.6 Å². The summed E-state index contributed by atoms with van der Waals surface area (Å²) in [5.41, 5.74) is 0. The van der Waals surface area contributed by atoms with Crippen molar-refractivity contribution in [2.24, 2.45) is 0 Å². The molecule has 98 valence electrons. The summed E-state index contributed by atoms with van der Waals surface area (Å²) in [5, 5.41) is 10.8. The van der Waals surface area contributed by atoms with Crippen LogP contribution in [0, 0.1) is 0 Å². The van der Waals surface area contributed by atoms with Crippen molar-refractivity contribution in [2.45, 2.75) is 0 Å². The Labute approximate surface area is 105 Å². The van der Waals surface area contributed by atoms with Crippen LogP contribution in [-0.2, 0) is 14.3 Å². The van der Waals surface area contributed by atoms with Gasteiger partial charge < -0.3 is 19.9 Å². The van der Waals surface area contributed by atoms with E-state index in [0.717, 1.165) is 0 Å². The minimum atomic E-state index is -1.03. The maximum absolute atomic E-state index is 11.3. The van der Waals surface area contributed by atoms with Crippen LogP contribution < -0.4 is 10.1 Å². The second-order valence-corrected chi connectivity index (χ2v) is 3.40. The number of benzene rings is 1. The first-order chi connectivity index (χ1) is 8.68. The van der Waals surface area contributed by atoms with Crippen molar-refractivity contribution in [2.75, 3.05) is 26.4 Å². The number of carboxylic acid groups (broad SMARTS) is 1. The second-order valence-electron chi connectivity index (χ2n) is 3.40. The Morgan fingerprint density at radius 1 is 1.17 bits per heavy atom. The summed E-state index contributed by atoms with van der Waals surface area (Å²) in [5.74, 6) is -0.693. The molecule has 0 fully saturated rings. The van der Waals surface area contributed by atoms with Crippen LogP contribution in [-0.4, -0.2) is 43.3 Å². The molecule has 0 unspecified atom stereocenters. The van der Waals surface area contributed by atoms with E-state index in [0.29, 0.717) is 5.75 Å². The maximum atomic E-state index is 11.3. The predicted molar refractivity (Wildman–Crippen MR) is 63.4 cm³/mol. The Hall–Kier alpha value is -2.08. The lowest BCUT2D eigenvalue weighted by atomic mass is 10.3. The summed E-state index contributed by atoms with van der Waals surface area (Å²) in [7, 11) is 0. The van der Waals surface area contributed by atoms with Gasteiger partial charge in [-0.3, -0.25) is 4.79 Å². The molecule has 0 aromatic heterocycles. The van der Waals surface area contributed by atoms with Gasteiger partial charge in [0.25, 0.3) is 5.91 Å². The van der Waals surface area contributed by atoms with Gasteiger partial charge in [-0.15, -0.1) is 0 Å². The largest absolute Gasteiger partial charge is 0.484 e. The summed E-state index contributed by atoms with van der Waals surface area (Å²) in [6.07, 6.45) is 0. The monoisotopic (exact) mass is 253 g/mol. The molecule has 0 aliphatic carbocycles. The van der Waals surface area contributed by atoms with Crippen LogP contribution >= 0.6 is 0 Å². The van der Waals surface area contributed by atoms with E-state index >= 15 is 0 Å². The van der Waals surface area contributed by atoms with Gasteiger partial charge in [-0.05, 0) is 12.1 Å². The molecule has 0 saturated heterocycles. The van der Waals surface area contributed by atoms with Crippen LogP contribution in [0.3, 0.4) is 0 Å². The molecule has 0 aliphatic heterocycles. The summed E-state index contributed by atoms with van der Waals surface area (Å²) >= 11 is 0. The van der Waals surface area contributed by atoms with Crippen LogP contribution in [0.25, 0.3) is 0 Å². The number of hydrogen-bond donors (Lipinski definition) is 2. The van der Waals surface area contributed by atoms with Gasteiger partial charge in [0.15, 0.2) is 6.61 Å². The van der Waals surface area contributed by atoms with Crippen molar-refractivity contribution in [3.05, 3.63) is 30.3 Å². The van der Waals surface area contributed by atoms with Crippen LogP contribution in [0.15, 0.2) is 30.3 Å². The van der Waals surface area contributed by atoms with E-state index < -0.39 is 5.97 Å². The van der Waals surface area contributed by atoms with E-state index in [1.54, 1.807) is 12.1 Å². The van der Waals surface area contributed by atoms with Gasteiger partial charge in [0.05, 0.1) is 6.61 Å². The van der Waals surface area contributed by atoms with Crippen molar-refractivity contribution in [1.82, 2.24) is 5.32 Å². The predicted octanol–water partition coefficient (Wildman–Crippen LogP) is 0.283. The van der Waals surface area contributed by atoms with Gasteiger partial charge in [-0.2, -0.15) is 0 Å². The Morgan fingerprint density at radius 2 is 1.89 bits per heavy atom. The zero-order valence-electron chi connectivity index (χ0n) is 9.80. The average molecular weight is 253 g/mol. The Kier molecular flexibility index (Phi) is 6.27. The van der Waals surface area contributed by atoms with E-state index in [2.05, 4.69) is 5.32 Å². The molecule has 0 spiro atoms. The molecular weight excluding hydrogens is 238 g/mol. The molecule has 18 heavy (non-hydrogen) atoms. The highest BCUT2D eigenvalue weighted by molar-refractivity contribution is 5.77. The van der Waals surface area contributed by atoms with Crippen LogP contribution in [0.4, 0.5) is 0 Å². The second kappa shape index (κ2) is 8.08. The summed E-state index contributed by atoms with van der Waals surface area (Å²) in [6.45, 7) is -0.0348. The average Bonchev–Trinajstić information content (AvgIpc) is 2.37. The third-order valence-electron chi connectivity index (χ3n) is 1.91. The Morgan fingerprint density at radius 3 is 2.56 bits per heavy atom. The SMILES string of the molecule is O=C(O)COCCNC(=O)COc1ccccc1. The molecule has 0 saturated carbocycles. The number of nitrogens with one attached hydrogen (secondary N) is 1. The highest BCUT2D eigenvalue weighted by Crippen LogP contribution is 2.07. The lowest BCUT2D eigenvalue weighted by Gasteiger charge is -2.07. The first kappa shape index (κ1) is 14.0. The summed E-state index contributed by atoms with van der Waals surface area (Å²) < 4.78 is 9.97. The molecule has 0 heterocycles. The molecule has 0 atom stereocenters. The molecule has 2 N–H and O–H groups in total. The van der Waals surface area contributed by atoms with Gasteiger partial charge in [0.1, 0.15) is 12.4 Å². The van der Waals surface area contributed by atoms with E-state index in [-0.39, 0.29) is 32.3 Å². The maximum Gasteiger partial charge on any atom is 0.329 e. The molecule has 1 amide bonds. The van der Waals surface area contributed by atoms with Crippen molar-refractivity contribution in [1.29, 1.82) is 0 Å². The molecule has 1 aromatic rings. The van der Waals surface area contributed by atoms with Crippen LogP contribution in [0.1, 0.15) is 0 Å². The van der Waals surface area contributed by atoms with Gasteiger partial charge in [0, 0.05) is 6.54 Å². The molecule has 0 radical (unpaired) electrons. The number of carboxylic acids is 1. The fraction of sp³-hybridized carbons (Fsp3) is 0.333. The molecular formula is C12H15NO5. The fourth-order valence-electron chi connectivity index (χ4n) is 1.14. The number of rotatable bonds is 8. The lowest BCUT2D eigenvalue weighted by Crippen LogP contribution is -2.32. The number of hydrogen-bond acceptors (Lipinski definition) is 4. The van der Waals surface area contributed by atoms with Gasteiger partial charge in [0.2, 0.25) is 0 Å². The zero-order valence-corrected chi connectivity index (χ0v) is 9.80. The molecule has 6 nitrogen and oxygen atoms in total. The fourth-order valence-corrected chi connectivity index (χ4v) is 1.14. The van der Waals surface area contributed by atoms with Gasteiger partial charge in [-0.1, -0.05) is 18.2 Å². The first-order valence-corrected chi connectivity index (χ1v) is 5.42. The molecule has 1 aromatic carbocycles. The van der Waals surface area contributed by atoms with Gasteiger partial charge in [-0.25, -0.2) is 4.79 Å².